The molecule has 1 rings (SSSR count). The Morgan fingerprint density at radius 3 is 2.88 bits per heavy atom. The van der Waals surface area contributed by atoms with Crippen LogP contribution >= 0.6 is 0 Å². The molecule has 1 amide bonds. The number of ether oxygens (including phenoxy) is 1. The molecule has 1 saturated carbocycles. The summed E-state index contributed by atoms with van der Waals surface area (Å²) in [5.74, 6) is 0.914. The van der Waals surface area contributed by atoms with Gasteiger partial charge in [0.05, 0.1) is 12.5 Å². The summed E-state index contributed by atoms with van der Waals surface area (Å²) in [4.78, 5) is 12.0. The van der Waals surface area contributed by atoms with E-state index >= 15 is 0 Å². The van der Waals surface area contributed by atoms with Gasteiger partial charge < -0.3 is 15.8 Å². The molecule has 0 saturated heterocycles. The van der Waals surface area contributed by atoms with Crippen LogP contribution in [0, 0.1) is 17.8 Å². The summed E-state index contributed by atoms with van der Waals surface area (Å²) >= 11 is 0. The molecule has 4 nitrogen and oxygen atoms in total. The molecule has 17 heavy (non-hydrogen) atoms. The summed E-state index contributed by atoms with van der Waals surface area (Å²) in [5.41, 5.74) is 6.10. The second kappa shape index (κ2) is 6.97. The van der Waals surface area contributed by atoms with Gasteiger partial charge in [0.2, 0.25) is 5.91 Å². The summed E-state index contributed by atoms with van der Waals surface area (Å²) < 4.78 is 5.04. The Bertz CT molecular complexity index is 246. The molecule has 0 radical (unpaired) electrons. The second-order valence-corrected chi connectivity index (χ2v) is 5.40. The molecule has 0 aromatic heterocycles. The number of rotatable bonds is 5. The lowest BCUT2D eigenvalue weighted by Crippen LogP contribution is -2.48. The third kappa shape index (κ3) is 4.28. The van der Waals surface area contributed by atoms with E-state index < -0.39 is 0 Å². The number of nitrogens with one attached hydrogen (secondary N) is 1. The van der Waals surface area contributed by atoms with E-state index in [2.05, 4.69) is 19.2 Å². The Balaban J connectivity index is 2.36. The lowest BCUT2D eigenvalue weighted by molar-refractivity contribution is -0.127. The smallest absolute Gasteiger partial charge is 0.224 e. The second-order valence-electron chi connectivity index (χ2n) is 5.40. The molecule has 4 atom stereocenters. The molecule has 4 unspecified atom stereocenters. The van der Waals surface area contributed by atoms with E-state index in [0.717, 1.165) is 19.3 Å². The number of hydrogen-bond acceptors (Lipinski definition) is 3. The fourth-order valence-electron chi connectivity index (χ4n) is 2.50. The van der Waals surface area contributed by atoms with E-state index in [4.69, 9.17) is 10.5 Å². The summed E-state index contributed by atoms with van der Waals surface area (Å²) in [6, 6.07) is 0.0153. The highest BCUT2D eigenvalue weighted by molar-refractivity contribution is 5.79. The van der Waals surface area contributed by atoms with Crippen LogP contribution in [0.15, 0.2) is 0 Å². The zero-order chi connectivity index (χ0) is 12.8. The van der Waals surface area contributed by atoms with Crippen molar-refractivity contribution in [2.45, 2.75) is 39.2 Å². The first-order chi connectivity index (χ1) is 8.06. The summed E-state index contributed by atoms with van der Waals surface area (Å²) in [7, 11) is 1.68. The van der Waals surface area contributed by atoms with Crippen LogP contribution in [0.3, 0.4) is 0 Å². The van der Waals surface area contributed by atoms with Crippen molar-refractivity contribution in [1.29, 1.82) is 0 Å². The van der Waals surface area contributed by atoms with E-state index in [0.29, 0.717) is 25.0 Å². The Labute approximate surface area is 104 Å². The van der Waals surface area contributed by atoms with Crippen molar-refractivity contribution < 1.29 is 9.53 Å². The van der Waals surface area contributed by atoms with E-state index in [1.807, 2.05) is 0 Å². The van der Waals surface area contributed by atoms with Crippen molar-refractivity contribution >= 4 is 5.91 Å². The van der Waals surface area contributed by atoms with Gasteiger partial charge in [-0.15, -0.1) is 0 Å². The molecule has 1 aliphatic rings. The zero-order valence-corrected chi connectivity index (χ0v) is 11.2. The Hall–Kier alpha value is -0.610. The quantitative estimate of drug-likeness (QED) is 0.760. The first-order valence-electron chi connectivity index (χ1n) is 6.58. The van der Waals surface area contributed by atoms with Crippen LogP contribution in [0.25, 0.3) is 0 Å². The van der Waals surface area contributed by atoms with E-state index in [1.54, 1.807) is 7.11 Å². The standard InChI is InChI=1S/C13H26N2O2/c1-9(8-17-3)7-15-13(16)11-6-4-5-10(2)12(11)14/h9-12H,4-8,14H2,1-3H3,(H,15,16). The minimum Gasteiger partial charge on any atom is -0.384 e. The minimum absolute atomic E-state index is 0.00602. The highest BCUT2D eigenvalue weighted by Crippen LogP contribution is 2.27. The maximum absolute atomic E-state index is 12.0. The SMILES string of the molecule is COCC(C)CNC(=O)C1CCCC(C)C1N. The highest BCUT2D eigenvalue weighted by atomic mass is 16.5. The molecule has 3 N–H and O–H groups in total. The van der Waals surface area contributed by atoms with Gasteiger partial charge in [0.1, 0.15) is 0 Å². The van der Waals surface area contributed by atoms with Gasteiger partial charge in [-0.1, -0.05) is 20.3 Å². The van der Waals surface area contributed by atoms with E-state index in [-0.39, 0.29) is 17.9 Å². The third-order valence-electron chi connectivity index (χ3n) is 3.71. The molecule has 1 fully saturated rings. The van der Waals surface area contributed by atoms with Crippen molar-refractivity contribution in [2.75, 3.05) is 20.3 Å². The molecular formula is C13H26N2O2. The molecule has 0 spiro atoms. The maximum Gasteiger partial charge on any atom is 0.224 e. The lowest BCUT2D eigenvalue weighted by Gasteiger charge is -2.33. The number of methoxy groups -OCH3 is 1. The van der Waals surface area contributed by atoms with Crippen LogP contribution < -0.4 is 11.1 Å². The zero-order valence-electron chi connectivity index (χ0n) is 11.2. The van der Waals surface area contributed by atoms with Crippen molar-refractivity contribution in [2.24, 2.45) is 23.5 Å². The lowest BCUT2D eigenvalue weighted by atomic mass is 9.78. The average Bonchev–Trinajstić information content (AvgIpc) is 2.30. The highest BCUT2D eigenvalue weighted by Gasteiger charge is 2.32. The molecule has 1 aliphatic carbocycles. The van der Waals surface area contributed by atoms with Crippen LogP contribution in [-0.2, 0) is 9.53 Å². The average molecular weight is 242 g/mol. The van der Waals surface area contributed by atoms with Gasteiger partial charge in [0.25, 0.3) is 0 Å². The van der Waals surface area contributed by atoms with Crippen molar-refractivity contribution in [3.05, 3.63) is 0 Å². The van der Waals surface area contributed by atoms with Gasteiger partial charge in [-0.2, -0.15) is 0 Å². The monoisotopic (exact) mass is 242 g/mol. The number of hydrogen-bond donors (Lipinski definition) is 2. The molecule has 0 heterocycles. The molecule has 100 valence electrons. The number of carbonyl (C=O) groups excluding carboxylic acids is 1. The summed E-state index contributed by atoms with van der Waals surface area (Å²) in [6.45, 7) is 5.54. The van der Waals surface area contributed by atoms with Gasteiger partial charge in [0, 0.05) is 19.7 Å². The van der Waals surface area contributed by atoms with Crippen LogP contribution in [-0.4, -0.2) is 32.2 Å². The van der Waals surface area contributed by atoms with E-state index in [1.165, 1.54) is 0 Å². The van der Waals surface area contributed by atoms with Crippen LogP contribution in [0.4, 0.5) is 0 Å². The predicted molar refractivity (Wildman–Crippen MR) is 68.5 cm³/mol. The van der Waals surface area contributed by atoms with Crippen LogP contribution in [0.2, 0.25) is 0 Å². The van der Waals surface area contributed by atoms with Gasteiger partial charge in [-0.05, 0) is 24.7 Å². The normalized spacial score (nSPS) is 30.9. The maximum atomic E-state index is 12.0. The largest absolute Gasteiger partial charge is 0.384 e. The number of amides is 1. The van der Waals surface area contributed by atoms with Gasteiger partial charge in [-0.3, -0.25) is 4.79 Å². The number of nitrogens with two attached hydrogens (primary N) is 1. The van der Waals surface area contributed by atoms with Gasteiger partial charge >= 0.3 is 0 Å². The minimum atomic E-state index is -0.00602. The van der Waals surface area contributed by atoms with Crippen molar-refractivity contribution in [3.8, 4) is 0 Å². The summed E-state index contributed by atoms with van der Waals surface area (Å²) in [6.07, 6.45) is 3.18. The third-order valence-corrected chi connectivity index (χ3v) is 3.71. The van der Waals surface area contributed by atoms with Gasteiger partial charge in [-0.25, -0.2) is 0 Å². The van der Waals surface area contributed by atoms with Gasteiger partial charge in [0.15, 0.2) is 0 Å². The fraction of sp³-hybridized carbons (Fsp3) is 0.923. The Morgan fingerprint density at radius 2 is 2.24 bits per heavy atom. The fourth-order valence-corrected chi connectivity index (χ4v) is 2.50. The Kier molecular flexibility index (Phi) is 5.92. The van der Waals surface area contributed by atoms with Crippen LogP contribution in [0.1, 0.15) is 33.1 Å². The van der Waals surface area contributed by atoms with Crippen LogP contribution in [0.5, 0.6) is 0 Å². The molecule has 0 aromatic rings. The Morgan fingerprint density at radius 1 is 1.53 bits per heavy atom. The van der Waals surface area contributed by atoms with Crippen molar-refractivity contribution in [3.63, 3.8) is 0 Å². The molecule has 0 aromatic carbocycles. The molecule has 0 bridgehead atoms. The number of carbonyl (C=O) groups is 1. The topological polar surface area (TPSA) is 64.3 Å². The molecule has 4 heteroatoms. The first-order valence-corrected chi connectivity index (χ1v) is 6.58. The first kappa shape index (κ1) is 14.5. The van der Waals surface area contributed by atoms with E-state index in [9.17, 15) is 4.79 Å². The molecule has 0 aliphatic heterocycles. The summed E-state index contributed by atoms with van der Waals surface area (Å²) in [5, 5.41) is 2.99. The molecular weight excluding hydrogens is 216 g/mol. The van der Waals surface area contributed by atoms with Crippen molar-refractivity contribution in [1.82, 2.24) is 5.32 Å². The predicted octanol–water partition coefficient (Wildman–Crippen LogP) is 1.15.